The molecule has 0 aromatic heterocycles. The number of benzene rings is 3. The Morgan fingerprint density at radius 3 is 2.17 bits per heavy atom. The lowest BCUT2D eigenvalue weighted by atomic mass is 10.0. The van der Waals surface area contributed by atoms with Crippen molar-refractivity contribution in [3.63, 3.8) is 0 Å². The van der Waals surface area contributed by atoms with Crippen molar-refractivity contribution in [3.05, 3.63) is 81.8 Å². The Kier molecular flexibility index (Phi) is 10.8. The van der Waals surface area contributed by atoms with E-state index in [1.54, 1.807) is 6.07 Å². The van der Waals surface area contributed by atoms with E-state index >= 15 is 0 Å². The van der Waals surface area contributed by atoms with Crippen molar-refractivity contribution in [1.82, 2.24) is 16.0 Å². The number of carboxylic acid groups (broad SMARTS) is 1. The molecule has 0 aliphatic rings. The van der Waals surface area contributed by atoms with Gasteiger partial charge in [0.25, 0.3) is 0 Å². The average molecular weight is 602 g/mol. The minimum Gasteiger partial charge on any atom is -0.481 e. The monoisotopic (exact) mass is 601 g/mol. The number of hydrogen-bond acceptors (Lipinski definition) is 7. The normalized spacial score (nSPS) is 12.1. The second kappa shape index (κ2) is 14.2. The van der Waals surface area contributed by atoms with Crippen LogP contribution in [0.5, 0.6) is 0 Å². The fourth-order valence-corrected chi connectivity index (χ4v) is 4.30. The largest absolute Gasteiger partial charge is 0.481 e. The summed E-state index contributed by atoms with van der Waals surface area (Å²) in [5.41, 5.74) is 0.597. The Labute approximate surface area is 244 Å². The average Bonchev–Trinajstić information content (AvgIpc) is 2.93. The third kappa shape index (κ3) is 8.50. The van der Waals surface area contributed by atoms with E-state index in [1.807, 2.05) is 36.4 Å². The summed E-state index contributed by atoms with van der Waals surface area (Å²) >= 11 is 11.9. The van der Waals surface area contributed by atoms with Gasteiger partial charge >= 0.3 is 23.8 Å². The summed E-state index contributed by atoms with van der Waals surface area (Å²) in [5, 5.41) is 17.9. The predicted octanol–water partition coefficient (Wildman–Crippen LogP) is 2.65. The van der Waals surface area contributed by atoms with Gasteiger partial charge in [0.05, 0.1) is 22.0 Å². The van der Waals surface area contributed by atoms with Gasteiger partial charge in [0, 0.05) is 6.54 Å². The number of ketones is 1. The lowest BCUT2D eigenvalue weighted by Crippen LogP contribution is -2.53. The van der Waals surface area contributed by atoms with Crippen molar-refractivity contribution >= 4 is 69.4 Å². The van der Waals surface area contributed by atoms with Gasteiger partial charge in [0.2, 0.25) is 5.91 Å². The number of Topliss-reactive ketones (excluding diaryl/α,β-unsaturated/α-hetero) is 1. The molecule has 0 aliphatic heterocycles. The van der Waals surface area contributed by atoms with Gasteiger partial charge in [-0.2, -0.15) is 0 Å². The quantitative estimate of drug-likeness (QED) is 0.192. The molecular weight excluding hydrogens is 577 g/mol. The van der Waals surface area contributed by atoms with Crippen LogP contribution < -0.4 is 16.0 Å². The topological polar surface area (TPSA) is 168 Å². The molecule has 0 heterocycles. The van der Waals surface area contributed by atoms with Crippen molar-refractivity contribution in [1.29, 1.82) is 0 Å². The van der Waals surface area contributed by atoms with Gasteiger partial charge in [-0.3, -0.25) is 24.0 Å². The maximum atomic E-state index is 12.6. The summed E-state index contributed by atoms with van der Waals surface area (Å²) in [6, 6.07) is 14.4. The van der Waals surface area contributed by atoms with Crippen molar-refractivity contribution < 1.29 is 38.6 Å². The number of fused-ring (bicyclic) bond motifs is 1. The smallest absolute Gasteiger partial charge is 0.341 e. The highest BCUT2D eigenvalue weighted by molar-refractivity contribution is 6.39. The van der Waals surface area contributed by atoms with Gasteiger partial charge < -0.3 is 25.8 Å². The number of esters is 1. The molecule has 214 valence electrons. The standard InChI is InChI=1S/C28H25Cl2N3O8/c1-15(32-27(39)26(38)31-13-17-8-4-7-16-6-2-3-9-18(16)17)25(37)33-21(12-23(35)36)22(34)14-41-28(40)24-19(29)10-5-11-20(24)30/h2-11,15,21H,12-14H2,1H3,(H,31,38)(H,32,39)(H,33,37)(H,35,36)/t15-,21-/m0/s1. The van der Waals surface area contributed by atoms with Gasteiger partial charge in [-0.05, 0) is 35.4 Å². The summed E-state index contributed by atoms with van der Waals surface area (Å²) < 4.78 is 4.92. The molecule has 0 aliphatic carbocycles. The molecule has 3 rings (SSSR count). The first-order valence-corrected chi connectivity index (χ1v) is 12.9. The Hall–Kier alpha value is -4.48. The highest BCUT2D eigenvalue weighted by Gasteiger charge is 2.29. The molecular formula is C28H25Cl2N3O8. The number of amides is 3. The first kappa shape index (κ1) is 31.1. The molecule has 0 saturated carbocycles. The number of carbonyl (C=O) groups excluding carboxylic acids is 5. The zero-order chi connectivity index (χ0) is 30.1. The first-order chi connectivity index (χ1) is 19.5. The van der Waals surface area contributed by atoms with E-state index in [1.165, 1.54) is 25.1 Å². The molecule has 0 spiro atoms. The predicted molar refractivity (Wildman–Crippen MR) is 149 cm³/mol. The van der Waals surface area contributed by atoms with Gasteiger partial charge in [-0.15, -0.1) is 0 Å². The van der Waals surface area contributed by atoms with Crippen LogP contribution in [-0.4, -0.2) is 59.2 Å². The fourth-order valence-electron chi connectivity index (χ4n) is 3.75. The third-order valence-electron chi connectivity index (χ3n) is 5.86. The van der Waals surface area contributed by atoms with E-state index in [0.29, 0.717) is 0 Å². The lowest BCUT2D eigenvalue weighted by molar-refractivity contribution is -0.142. The Morgan fingerprint density at radius 2 is 1.49 bits per heavy atom. The van der Waals surface area contributed by atoms with Crippen molar-refractivity contribution in [2.75, 3.05) is 6.61 Å². The first-order valence-electron chi connectivity index (χ1n) is 12.2. The Bertz CT molecular complexity index is 1490. The van der Waals surface area contributed by atoms with Crippen molar-refractivity contribution in [2.24, 2.45) is 0 Å². The number of carbonyl (C=O) groups is 6. The number of hydrogen-bond donors (Lipinski definition) is 4. The highest BCUT2D eigenvalue weighted by atomic mass is 35.5. The second-order valence-corrected chi connectivity index (χ2v) is 9.63. The maximum Gasteiger partial charge on any atom is 0.341 e. The van der Waals surface area contributed by atoms with Gasteiger partial charge in [0.1, 0.15) is 12.1 Å². The second-order valence-electron chi connectivity index (χ2n) is 8.81. The molecule has 4 N–H and O–H groups in total. The molecule has 11 nitrogen and oxygen atoms in total. The van der Waals surface area contributed by atoms with Crippen molar-refractivity contribution in [2.45, 2.75) is 32.0 Å². The Morgan fingerprint density at radius 1 is 0.854 bits per heavy atom. The lowest BCUT2D eigenvalue weighted by Gasteiger charge is -2.19. The minimum atomic E-state index is -1.60. The van der Waals surface area contributed by atoms with E-state index in [0.717, 1.165) is 16.3 Å². The summed E-state index contributed by atoms with van der Waals surface area (Å²) in [5.74, 6) is -6.44. The van der Waals surface area contributed by atoms with Gasteiger partial charge in [-0.25, -0.2) is 4.79 Å². The van der Waals surface area contributed by atoms with Crippen LogP contribution in [0.2, 0.25) is 10.0 Å². The van der Waals surface area contributed by atoms with Crippen LogP contribution in [0.25, 0.3) is 10.8 Å². The highest BCUT2D eigenvalue weighted by Crippen LogP contribution is 2.25. The summed E-state index contributed by atoms with van der Waals surface area (Å²) in [7, 11) is 0. The molecule has 3 amide bonds. The number of carboxylic acids is 1. The van der Waals surface area contributed by atoms with Crippen LogP contribution in [0, 0.1) is 0 Å². The van der Waals surface area contributed by atoms with E-state index in [4.69, 9.17) is 27.9 Å². The zero-order valence-corrected chi connectivity index (χ0v) is 23.1. The van der Waals surface area contributed by atoms with Gasteiger partial charge in [0.15, 0.2) is 12.4 Å². The molecule has 0 radical (unpaired) electrons. The molecule has 0 saturated heterocycles. The number of nitrogens with one attached hydrogen (secondary N) is 3. The summed E-state index contributed by atoms with van der Waals surface area (Å²) in [6.07, 6.45) is -0.832. The van der Waals surface area contributed by atoms with Crippen molar-refractivity contribution in [3.8, 4) is 0 Å². The number of ether oxygens (including phenoxy) is 1. The zero-order valence-electron chi connectivity index (χ0n) is 21.6. The number of aliphatic carboxylic acids is 1. The van der Waals surface area contributed by atoms with Crippen LogP contribution in [-0.2, 0) is 35.3 Å². The van der Waals surface area contributed by atoms with E-state index in [-0.39, 0.29) is 22.2 Å². The number of halogens is 2. The molecule has 41 heavy (non-hydrogen) atoms. The summed E-state index contributed by atoms with van der Waals surface area (Å²) in [4.78, 5) is 73.6. The molecule has 3 aromatic rings. The van der Waals surface area contributed by atoms with Crippen LogP contribution in [0.15, 0.2) is 60.7 Å². The van der Waals surface area contributed by atoms with E-state index in [2.05, 4.69) is 16.0 Å². The van der Waals surface area contributed by atoms with Crippen LogP contribution >= 0.6 is 23.2 Å². The molecule has 0 bridgehead atoms. The van der Waals surface area contributed by atoms with E-state index in [9.17, 15) is 33.9 Å². The minimum absolute atomic E-state index is 0.0175. The van der Waals surface area contributed by atoms with Gasteiger partial charge in [-0.1, -0.05) is 71.7 Å². The third-order valence-corrected chi connectivity index (χ3v) is 6.49. The van der Waals surface area contributed by atoms with Crippen LogP contribution in [0.4, 0.5) is 0 Å². The van der Waals surface area contributed by atoms with Crippen LogP contribution in [0.3, 0.4) is 0 Å². The van der Waals surface area contributed by atoms with Crippen LogP contribution in [0.1, 0.15) is 29.3 Å². The molecule has 0 fully saturated rings. The number of rotatable bonds is 11. The maximum absolute atomic E-state index is 12.6. The fraction of sp³-hybridized carbons (Fsp3) is 0.214. The van der Waals surface area contributed by atoms with E-state index < -0.39 is 60.6 Å². The molecule has 13 heteroatoms. The Balaban J connectivity index is 1.55. The SMILES string of the molecule is C[C@H](NC(=O)C(=O)NCc1cccc2ccccc12)C(=O)N[C@@H](CC(=O)O)C(=O)COC(=O)c1c(Cl)cccc1Cl. The molecule has 2 atom stereocenters. The molecule has 3 aromatic carbocycles. The summed E-state index contributed by atoms with van der Waals surface area (Å²) in [6.45, 7) is 0.407. The molecule has 0 unspecified atom stereocenters.